The van der Waals surface area contributed by atoms with Crippen molar-refractivity contribution in [3.05, 3.63) is 35.4 Å². The molecule has 1 aliphatic carbocycles. The highest BCUT2D eigenvalue weighted by atomic mass is 19.4. The molecule has 0 radical (unpaired) electrons. The zero-order valence-electron chi connectivity index (χ0n) is 12.5. The van der Waals surface area contributed by atoms with E-state index in [-0.39, 0.29) is 0 Å². The van der Waals surface area contributed by atoms with Crippen molar-refractivity contribution < 1.29 is 13.2 Å². The van der Waals surface area contributed by atoms with Gasteiger partial charge in [0.05, 0.1) is 5.56 Å². The Morgan fingerprint density at radius 1 is 1.10 bits per heavy atom. The minimum Gasteiger partial charge on any atom is -0.314 e. The van der Waals surface area contributed by atoms with Gasteiger partial charge in [-0.2, -0.15) is 13.2 Å². The van der Waals surface area contributed by atoms with E-state index in [2.05, 4.69) is 12.2 Å². The Morgan fingerprint density at radius 2 is 1.76 bits per heavy atom. The molecule has 0 heterocycles. The van der Waals surface area contributed by atoms with Crippen molar-refractivity contribution >= 4 is 0 Å². The van der Waals surface area contributed by atoms with Crippen LogP contribution in [0.15, 0.2) is 24.3 Å². The Morgan fingerprint density at radius 3 is 2.38 bits per heavy atom. The summed E-state index contributed by atoms with van der Waals surface area (Å²) in [6.45, 7) is 3.10. The first-order valence-electron chi connectivity index (χ1n) is 7.88. The van der Waals surface area contributed by atoms with Crippen molar-refractivity contribution in [1.82, 2.24) is 5.32 Å². The van der Waals surface area contributed by atoms with E-state index in [9.17, 15) is 13.2 Å². The third-order valence-electron chi connectivity index (χ3n) is 4.33. The largest absolute Gasteiger partial charge is 0.416 e. The van der Waals surface area contributed by atoms with Crippen molar-refractivity contribution in [2.45, 2.75) is 57.7 Å². The molecule has 0 spiro atoms. The molecule has 0 aromatic heterocycles. The monoisotopic (exact) mass is 299 g/mol. The van der Waals surface area contributed by atoms with E-state index in [0.717, 1.165) is 24.9 Å². The number of rotatable bonds is 4. The molecule has 1 nitrogen and oxygen atoms in total. The first kappa shape index (κ1) is 16.3. The summed E-state index contributed by atoms with van der Waals surface area (Å²) in [4.78, 5) is 0. The maximum atomic E-state index is 12.6. The number of halogens is 3. The van der Waals surface area contributed by atoms with Crippen LogP contribution in [0.5, 0.6) is 0 Å². The van der Waals surface area contributed by atoms with Crippen LogP contribution in [0.4, 0.5) is 13.2 Å². The van der Waals surface area contributed by atoms with Crippen LogP contribution in [-0.4, -0.2) is 12.6 Å². The van der Waals surface area contributed by atoms with E-state index in [0.29, 0.717) is 12.0 Å². The average Bonchev–Trinajstić information content (AvgIpc) is 2.64. The van der Waals surface area contributed by atoms with Crippen molar-refractivity contribution in [3.63, 3.8) is 0 Å². The molecule has 2 unspecified atom stereocenters. The average molecular weight is 299 g/mol. The fourth-order valence-electron chi connectivity index (χ4n) is 3.28. The fraction of sp³-hybridized carbons (Fsp3) is 0.647. The first-order valence-corrected chi connectivity index (χ1v) is 7.88. The predicted octanol–water partition coefficient (Wildman–Crippen LogP) is 4.81. The van der Waals surface area contributed by atoms with Gasteiger partial charge < -0.3 is 5.32 Å². The van der Waals surface area contributed by atoms with Crippen LogP contribution in [0.2, 0.25) is 0 Å². The van der Waals surface area contributed by atoms with Crippen LogP contribution in [0.1, 0.15) is 50.2 Å². The Hall–Kier alpha value is -1.03. The predicted molar refractivity (Wildman–Crippen MR) is 79.2 cm³/mol. The number of hydrogen-bond donors (Lipinski definition) is 1. The highest BCUT2D eigenvalue weighted by molar-refractivity contribution is 5.25. The molecule has 118 valence electrons. The van der Waals surface area contributed by atoms with Crippen LogP contribution < -0.4 is 5.32 Å². The lowest BCUT2D eigenvalue weighted by Crippen LogP contribution is -2.30. The van der Waals surface area contributed by atoms with Crippen molar-refractivity contribution in [2.75, 3.05) is 6.54 Å². The normalized spacial score (nSPS) is 23.8. The Labute approximate surface area is 124 Å². The Bertz CT molecular complexity index is 425. The smallest absolute Gasteiger partial charge is 0.314 e. The summed E-state index contributed by atoms with van der Waals surface area (Å²) in [5.41, 5.74) is 0.461. The van der Waals surface area contributed by atoms with Gasteiger partial charge in [0.1, 0.15) is 0 Å². The van der Waals surface area contributed by atoms with Crippen LogP contribution >= 0.6 is 0 Å². The van der Waals surface area contributed by atoms with Crippen LogP contribution in [0, 0.1) is 5.92 Å². The third-order valence-corrected chi connectivity index (χ3v) is 4.33. The molecule has 0 amide bonds. The highest BCUT2D eigenvalue weighted by Crippen LogP contribution is 2.30. The van der Waals surface area contributed by atoms with E-state index < -0.39 is 11.7 Å². The molecular weight excluding hydrogens is 275 g/mol. The number of nitrogens with one attached hydrogen (secondary N) is 1. The molecule has 2 rings (SSSR count). The topological polar surface area (TPSA) is 12.0 Å². The van der Waals surface area contributed by atoms with E-state index >= 15 is 0 Å². The minimum absolute atomic E-state index is 0.558. The summed E-state index contributed by atoms with van der Waals surface area (Å²) < 4.78 is 37.7. The molecule has 1 N–H and O–H groups in total. The van der Waals surface area contributed by atoms with E-state index in [1.165, 1.54) is 37.8 Å². The van der Waals surface area contributed by atoms with E-state index in [1.54, 1.807) is 12.1 Å². The van der Waals surface area contributed by atoms with Gasteiger partial charge in [0, 0.05) is 6.04 Å². The molecule has 1 fully saturated rings. The lowest BCUT2D eigenvalue weighted by atomic mass is 9.90. The number of benzene rings is 1. The zero-order valence-corrected chi connectivity index (χ0v) is 12.5. The Kier molecular flexibility index (Phi) is 5.68. The second kappa shape index (κ2) is 7.30. The van der Waals surface area contributed by atoms with Crippen LogP contribution in [0.25, 0.3) is 0 Å². The van der Waals surface area contributed by atoms with Crippen molar-refractivity contribution in [3.8, 4) is 0 Å². The van der Waals surface area contributed by atoms with Gasteiger partial charge in [-0.05, 0) is 49.4 Å². The molecule has 1 aromatic carbocycles. The maximum absolute atomic E-state index is 12.6. The molecule has 21 heavy (non-hydrogen) atoms. The standard InChI is InChI=1S/C17H24F3N/c1-2-21-16-6-4-3-5-14(12-16)11-13-7-9-15(10-8-13)17(18,19)20/h7-10,14,16,21H,2-6,11-12H2,1H3. The van der Waals surface area contributed by atoms with Gasteiger partial charge in [0.25, 0.3) is 0 Å². The van der Waals surface area contributed by atoms with Crippen LogP contribution in [-0.2, 0) is 12.6 Å². The zero-order chi connectivity index (χ0) is 15.3. The van der Waals surface area contributed by atoms with Crippen molar-refractivity contribution in [2.24, 2.45) is 5.92 Å². The lowest BCUT2D eigenvalue weighted by Gasteiger charge is -2.21. The van der Waals surface area contributed by atoms with E-state index in [4.69, 9.17) is 0 Å². The maximum Gasteiger partial charge on any atom is 0.416 e. The summed E-state index contributed by atoms with van der Waals surface area (Å²) >= 11 is 0. The Balaban J connectivity index is 1.96. The molecule has 1 saturated carbocycles. The summed E-state index contributed by atoms with van der Waals surface area (Å²) in [6.07, 6.45) is 2.67. The van der Waals surface area contributed by atoms with E-state index in [1.807, 2.05) is 0 Å². The molecular formula is C17H24F3N. The fourth-order valence-corrected chi connectivity index (χ4v) is 3.28. The second-order valence-corrected chi connectivity index (χ2v) is 6.04. The van der Waals surface area contributed by atoms with Gasteiger partial charge in [-0.3, -0.25) is 0 Å². The molecule has 0 aliphatic heterocycles. The second-order valence-electron chi connectivity index (χ2n) is 6.04. The van der Waals surface area contributed by atoms with Gasteiger partial charge in [-0.1, -0.05) is 38.3 Å². The van der Waals surface area contributed by atoms with Gasteiger partial charge in [0.15, 0.2) is 0 Å². The summed E-state index contributed by atoms with van der Waals surface area (Å²) in [7, 11) is 0. The molecule has 0 saturated heterocycles. The minimum atomic E-state index is -4.24. The number of hydrogen-bond acceptors (Lipinski definition) is 1. The quantitative estimate of drug-likeness (QED) is 0.787. The summed E-state index contributed by atoms with van der Waals surface area (Å²) in [6, 6.07) is 6.24. The van der Waals surface area contributed by atoms with Gasteiger partial charge >= 0.3 is 6.18 Å². The summed E-state index contributed by atoms with van der Waals surface area (Å²) in [5.74, 6) is 0.577. The first-order chi connectivity index (χ1) is 9.99. The SMILES string of the molecule is CCNC1CCCCC(Cc2ccc(C(F)(F)F)cc2)C1. The van der Waals surface area contributed by atoms with Gasteiger partial charge in [-0.15, -0.1) is 0 Å². The van der Waals surface area contributed by atoms with Crippen LogP contribution in [0.3, 0.4) is 0 Å². The third kappa shape index (κ3) is 5.03. The summed E-state index contributed by atoms with van der Waals surface area (Å²) in [5, 5.41) is 3.52. The highest BCUT2D eigenvalue weighted by Gasteiger charge is 2.30. The molecule has 1 aliphatic rings. The van der Waals surface area contributed by atoms with Gasteiger partial charge in [-0.25, -0.2) is 0 Å². The lowest BCUT2D eigenvalue weighted by molar-refractivity contribution is -0.137. The van der Waals surface area contributed by atoms with Crippen molar-refractivity contribution in [1.29, 1.82) is 0 Å². The molecule has 4 heteroatoms. The molecule has 1 aromatic rings. The molecule has 0 bridgehead atoms. The van der Waals surface area contributed by atoms with Gasteiger partial charge in [0.2, 0.25) is 0 Å². The number of alkyl halides is 3. The molecule has 2 atom stereocenters.